The highest BCUT2D eigenvalue weighted by molar-refractivity contribution is 5.93. The molecule has 2 aromatic rings. The van der Waals surface area contributed by atoms with Gasteiger partial charge >= 0.3 is 5.97 Å². The number of aromatic nitrogens is 2. The lowest BCUT2D eigenvalue weighted by atomic mass is 10.0. The van der Waals surface area contributed by atoms with Crippen molar-refractivity contribution in [3.63, 3.8) is 0 Å². The van der Waals surface area contributed by atoms with Crippen LogP contribution in [0.25, 0.3) is 11.0 Å². The number of hydrogen-bond donors (Lipinski definition) is 0. The van der Waals surface area contributed by atoms with Gasteiger partial charge in [0.05, 0.1) is 23.7 Å². The van der Waals surface area contributed by atoms with Gasteiger partial charge in [-0.05, 0) is 30.5 Å². The third kappa shape index (κ3) is 1.68. The fraction of sp³-hybridized carbons (Fsp3) is 0.429. The summed E-state index contributed by atoms with van der Waals surface area (Å²) in [7, 11) is 1.40. The van der Waals surface area contributed by atoms with E-state index in [1.54, 1.807) is 6.07 Å². The molecule has 0 bridgehead atoms. The van der Waals surface area contributed by atoms with Crippen molar-refractivity contribution in [1.82, 2.24) is 9.55 Å². The maximum Gasteiger partial charge on any atom is 0.337 e. The van der Waals surface area contributed by atoms with Crippen LogP contribution in [0.5, 0.6) is 0 Å². The van der Waals surface area contributed by atoms with Crippen molar-refractivity contribution in [3.8, 4) is 0 Å². The first-order valence-corrected chi connectivity index (χ1v) is 6.26. The molecule has 0 amide bonds. The van der Waals surface area contributed by atoms with E-state index in [4.69, 9.17) is 4.74 Å². The SMILES string of the molecule is COC(=O)c1ccc2c(c1)nc1n2CCC(C)C1. The molecule has 18 heavy (non-hydrogen) atoms. The molecule has 0 saturated carbocycles. The third-order valence-electron chi connectivity index (χ3n) is 3.62. The van der Waals surface area contributed by atoms with E-state index in [-0.39, 0.29) is 5.97 Å². The van der Waals surface area contributed by atoms with E-state index < -0.39 is 0 Å². The van der Waals surface area contributed by atoms with E-state index in [1.807, 2.05) is 12.1 Å². The molecule has 0 saturated heterocycles. The fourth-order valence-electron chi connectivity index (χ4n) is 2.59. The van der Waals surface area contributed by atoms with Gasteiger partial charge in [-0.2, -0.15) is 0 Å². The number of imidazole rings is 1. The van der Waals surface area contributed by atoms with E-state index in [2.05, 4.69) is 16.5 Å². The molecule has 0 spiro atoms. The number of carbonyl (C=O) groups excluding carboxylic acids is 1. The van der Waals surface area contributed by atoms with E-state index in [1.165, 1.54) is 13.5 Å². The summed E-state index contributed by atoms with van der Waals surface area (Å²) >= 11 is 0. The van der Waals surface area contributed by atoms with Gasteiger partial charge in [0.25, 0.3) is 0 Å². The monoisotopic (exact) mass is 244 g/mol. The summed E-state index contributed by atoms with van der Waals surface area (Å²) in [5.41, 5.74) is 2.57. The molecule has 0 aliphatic carbocycles. The van der Waals surface area contributed by atoms with Crippen molar-refractivity contribution < 1.29 is 9.53 Å². The second kappa shape index (κ2) is 4.12. The summed E-state index contributed by atoms with van der Waals surface area (Å²) in [5, 5.41) is 0. The lowest BCUT2D eigenvalue weighted by Gasteiger charge is -2.19. The number of aryl methyl sites for hydroxylation is 1. The molecule has 4 nitrogen and oxygen atoms in total. The topological polar surface area (TPSA) is 44.1 Å². The van der Waals surface area contributed by atoms with Crippen molar-refractivity contribution in [3.05, 3.63) is 29.6 Å². The highest BCUT2D eigenvalue weighted by Gasteiger charge is 2.19. The highest BCUT2D eigenvalue weighted by atomic mass is 16.5. The van der Waals surface area contributed by atoms with Crippen LogP contribution in [0, 0.1) is 5.92 Å². The first kappa shape index (κ1) is 11.3. The minimum atomic E-state index is -0.309. The van der Waals surface area contributed by atoms with Gasteiger partial charge in [-0.3, -0.25) is 0 Å². The van der Waals surface area contributed by atoms with E-state index >= 15 is 0 Å². The van der Waals surface area contributed by atoms with Gasteiger partial charge in [0.15, 0.2) is 0 Å². The fourth-order valence-corrected chi connectivity index (χ4v) is 2.59. The largest absolute Gasteiger partial charge is 0.465 e. The number of methoxy groups -OCH3 is 1. The maximum absolute atomic E-state index is 11.5. The molecular formula is C14H16N2O2. The Morgan fingerprint density at radius 3 is 3.11 bits per heavy atom. The van der Waals surface area contributed by atoms with Gasteiger partial charge in [-0.15, -0.1) is 0 Å². The molecule has 1 aliphatic rings. The Balaban J connectivity index is 2.11. The van der Waals surface area contributed by atoms with Crippen LogP contribution in [-0.2, 0) is 17.7 Å². The molecule has 0 N–H and O–H groups in total. The van der Waals surface area contributed by atoms with Crippen LogP contribution < -0.4 is 0 Å². The summed E-state index contributed by atoms with van der Waals surface area (Å²) < 4.78 is 6.99. The Morgan fingerprint density at radius 1 is 1.50 bits per heavy atom. The van der Waals surface area contributed by atoms with Crippen LogP contribution in [0.2, 0.25) is 0 Å². The van der Waals surface area contributed by atoms with Crippen molar-refractivity contribution in [2.24, 2.45) is 5.92 Å². The molecule has 1 aliphatic heterocycles. The standard InChI is InChI=1S/C14H16N2O2/c1-9-5-6-16-12-4-3-10(14(17)18-2)8-11(12)15-13(16)7-9/h3-4,8-9H,5-7H2,1-2H3. The number of fused-ring (bicyclic) bond motifs is 3. The molecular weight excluding hydrogens is 228 g/mol. The van der Waals surface area contributed by atoms with Gasteiger partial charge in [0.1, 0.15) is 5.82 Å². The molecule has 94 valence electrons. The summed E-state index contributed by atoms with van der Waals surface area (Å²) in [6.45, 7) is 3.27. The van der Waals surface area contributed by atoms with Crippen LogP contribution in [-0.4, -0.2) is 22.6 Å². The quantitative estimate of drug-likeness (QED) is 0.723. The number of nitrogens with zero attached hydrogens (tertiary/aromatic N) is 2. The molecule has 1 aromatic carbocycles. The van der Waals surface area contributed by atoms with Crippen LogP contribution >= 0.6 is 0 Å². The van der Waals surface area contributed by atoms with Crippen molar-refractivity contribution in [2.45, 2.75) is 26.3 Å². The summed E-state index contributed by atoms with van der Waals surface area (Å²) in [5.74, 6) is 1.51. The minimum absolute atomic E-state index is 0.309. The van der Waals surface area contributed by atoms with Crippen LogP contribution in [0.3, 0.4) is 0 Å². The van der Waals surface area contributed by atoms with Gasteiger partial charge in [-0.25, -0.2) is 9.78 Å². The normalized spacial score (nSPS) is 18.7. The number of ether oxygens (including phenoxy) is 1. The second-order valence-corrected chi connectivity index (χ2v) is 4.97. The Labute approximate surface area is 106 Å². The molecule has 3 rings (SSSR count). The first-order chi connectivity index (χ1) is 8.69. The maximum atomic E-state index is 11.5. The van der Waals surface area contributed by atoms with E-state index in [0.717, 1.165) is 29.8 Å². The zero-order valence-corrected chi connectivity index (χ0v) is 10.6. The third-order valence-corrected chi connectivity index (χ3v) is 3.62. The number of hydrogen-bond acceptors (Lipinski definition) is 3. The van der Waals surface area contributed by atoms with Gasteiger partial charge in [0.2, 0.25) is 0 Å². The van der Waals surface area contributed by atoms with Crippen LogP contribution in [0.1, 0.15) is 29.5 Å². The molecule has 1 atom stereocenters. The predicted molar refractivity (Wildman–Crippen MR) is 68.6 cm³/mol. The summed E-state index contributed by atoms with van der Waals surface area (Å²) in [6.07, 6.45) is 2.21. The average molecular weight is 244 g/mol. The summed E-state index contributed by atoms with van der Waals surface area (Å²) in [4.78, 5) is 16.1. The Bertz CT molecular complexity index is 616. The molecule has 1 unspecified atom stereocenters. The van der Waals surface area contributed by atoms with Gasteiger partial charge in [-0.1, -0.05) is 6.92 Å². The smallest absolute Gasteiger partial charge is 0.337 e. The summed E-state index contributed by atoms with van der Waals surface area (Å²) in [6, 6.07) is 5.59. The molecule has 2 heterocycles. The Morgan fingerprint density at radius 2 is 2.33 bits per heavy atom. The zero-order valence-electron chi connectivity index (χ0n) is 10.6. The highest BCUT2D eigenvalue weighted by Crippen LogP contribution is 2.25. The van der Waals surface area contributed by atoms with E-state index in [0.29, 0.717) is 11.5 Å². The van der Waals surface area contributed by atoms with Gasteiger partial charge in [0, 0.05) is 13.0 Å². The first-order valence-electron chi connectivity index (χ1n) is 6.26. The van der Waals surface area contributed by atoms with E-state index in [9.17, 15) is 4.79 Å². The molecule has 1 aromatic heterocycles. The number of benzene rings is 1. The number of esters is 1. The number of rotatable bonds is 1. The van der Waals surface area contributed by atoms with Crippen LogP contribution in [0.15, 0.2) is 18.2 Å². The molecule has 4 heteroatoms. The van der Waals surface area contributed by atoms with Crippen molar-refractivity contribution >= 4 is 17.0 Å². The number of carbonyl (C=O) groups is 1. The average Bonchev–Trinajstić information content (AvgIpc) is 2.73. The second-order valence-electron chi connectivity index (χ2n) is 4.97. The Kier molecular flexibility index (Phi) is 2.58. The van der Waals surface area contributed by atoms with Crippen molar-refractivity contribution in [1.29, 1.82) is 0 Å². The van der Waals surface area contributed by atoms with Gasteiger partial charge < -0.3 is 9.30 Å². The van der Waals surface area contributed by atoms with Crippen LogP contribution in [0.4, 0.5) is 0 Å². The molecule has 0 radical (unpaired) electrons. The zero-order chi connectivity index (χ0) is 12.7. The minimum Gasteiger partial charge on any atom is -0.465 e. The Hall–Kier alpha value is -1.84. The predicted octanol–water partition coefficient (Wildman–Crippen LogP) is 2.41. The lowest BCUT2D eigenvalue weighted by Crippen LogP contribution is -2.17. The van der Waals surface area contributed by atoms with Crippen molar-refractivity contribution in [2.75, 3.05) is 7.11 Å². The molecule has 0 fully saturated rings. The lowest BCUT2D eigenvalue weighted by molar-refractivity contribution is 0.0601.